The van der Waals surface area contributed by atoms with Crippen molar-refractivity contribution in [3.63, 3.8) is 0 Å². The number of nitrogen functional groups attached to an aromatic ring is 1. The summed E-state index contributed by atoms with van der Waals surface area (Å²) in [4.78, 5) is 25.9. The average Bonchev–Trinajstić information content (AvgIpc) is 2.75. The van der Waals surface area contributed by atoms with Crippen LogP contribution in [-0.4, -0.2) is 33.3 Å². The van der Waals surface area contributed by atoms with Crippen LogP contribution in [-0.2, 0) is 14.3 Å². The van der Waals surface area contributed by atoms with Gasteiger partial charge in [-0.1, -0.05) is 0 Å². The normalized spacial score (nSPS) is 22.9. The van der Waals surface area contributed by atoms with Gasteiger partial charge >= 0.3 is 11.7 Å². The first-order valence-corrected chi connectivity index (χ1v) is 6.36. The third-order valence-electron chi connectivity index (χ3n) is 2.32. The van der Waals surface area contributed by atoms with Crippen molar-refractivity contribution in [3.8, 4) is 0 Å². The highest BCUT2D eigenvalue weighted by atomic mass is 32.2. The van der Waals surface area contributed by atoms with Crippen molar-refractivity contribution in [2.75, 3.05) is 18.1 Å². The van der Waals surface area contributed by atoms with E-state index in [-0.39, 0.29) is 23.8 Å². The number of hydrogen-bond donors (Lipinski definition) is 1. The summed E-state index contributed by atoms with van der Waals surface area (Å²) in [7, 11) is 0. The lowest BCUT2D eigenvalue weighted by Crippen LogP contribution is -2.28. The van der Waals surface area contributed by atoms with E-state index >= 15 is 0 Å². The first kappa shape index (κ1) is 12.9. The van der Waals surface area contributed by atoms with E-state index in [4.69, 9.17) is 15.2 Å². The highest BCUT2D eigenvalue weighted by Crippen LogP contribution is 2.30. The van der Waals surface area contributed by atoms with Crippen LogP contribution in [0.4, 0.5) is 5.82 Å². The van der Waals surface area contributed by atoms with Crippen LogP contribution in [0, 0.1) is 0 Å². The minimum Gasteiger partial charge on any atom is -0.462 e. The van der Waals surface area contributed by atoms with Gasteiger partial charge in [-0.3, -0.25) is 9.36 Å². The van der Waals surface area contributed by atoms with Gasteiger partial charge in [0.25, 0.3) is 0 Å². The number of esters is 1. The molecule has 2 rings (SSSR count). The molecule has 0 saturated carbocycles. The number of carbonyl (C=O) groups is 1. The number of carbonyl (C=O) groups excluding carboxylic acids is 1. The largest absolute Gasteiger partial charge is 0.462 e. The highest BCUT2D eigenvalue weighted by Gasteiger charge is 2.28. The summed E-state index contributed by atoms with van der Waals surface area (Å²) >= 11 is 1.48. The summed E-state index contributed by atoms with van der Waals surface area (Å²) in [5, 5.41) is 0. The molecule has 2 unspecified atom stereocenters. The highest BCUT2D eigenvalue weighted by molar-refractivity contribution is 8.00. The van der Waals surface area contributed by atoms with Gasteiger partial charge in [0.1, 0.15) is 24.1 Å². The molecular weight excluding hydrogens is 258 g/mol. The van der Waals surface area contributed by atoms with Crippen molar-refractivity contribution >= 4 is 23.5 Å². The number of aromatic nitrogens is 2. The second-order valence-electron chi connectivity index (χ2n) is 3.70. The molecule has 0 bridgehead atoms. The molecule has 0 radical (unpaired) electrons. The van der Waals surface area contributed by atoms with E-state index in [2.05, 4.69) is 4.98 Å². The first-order valence-electron chi connectivity index (χ1n) is 5.31. The molecule has 1 aliphatic heterocycles. The van der Waals surface area contributed by atoms with Crippen molar-refractivity contribution < 1.29 is 14.3 Å². The van der Waals surface area contributed by atoms with Crippen LogP contribution in [0.1, 0.15) is 13.2 Å². The van der Waals surface area contributed by atoms with Gasteiger partial charge in [0.2, 0.25) is 0 Å². The zero-order valence-electron chi connectivity index (χ0n) is 9.74. The summed E-state index contributed by atoms with van der Waals surface area (Å²) in [5.41, 5.74) is 4.70. The molecular formula is C10H13N3O4S. The van der Waals surface area contributed by atoms with Crippen molar-refractivity contribution in [1.29, 1.82) is 0 Å². The molecule has 8 heteroatoms. The SMILES string of the molecule is CC(=O)OCC1OC(n2ccc(N)nc2=O)CS1. The molecule has 1 aliphatic rings. The lowest BCUT2D eigenvalue weighted by molar-refractivity contribution is -0.144. The molecule has 1 fully saturated rings. The summed E-state index contributed by atoms with van der Waals surface area (Å²) in [6.07, 6.45) is 1.14. The lowest BCUT2D eigenvalue weighted by Gasteiger charge is -2.14. The van der Waals surface area contributed by atoms with Crippen LogP contribution >= 0.6 is 11.8 Å². The topological polar surface area (TPSA) is 96.4 Å². The Balaban J connectivity index is 2.00. The molecule has 1 aromatic heterocycles. The Morgan fingerprint density at radius 3 is 3.22 bits per heavy atom. The summed E-state index contributed by atoms with van der Waals surface area (Å²) in [6, 6.07) is 1.54. The Hall–Kier alpha value is -1.54. The van der Waals surface area contributed by atoms with E-state index < -0.39 is 11.9 Å². The summed E-state index contributed by atoms with van der Waals surface area (Å²) in [6.45, 7) is 1.51. The third kappa shape index (κ3) is 3.02. The van der Waals surface area contributed by atoms with Gasteiger partial charge in [0.15, 0.2) is 0 Å². The van der Waals surface area contributed by atoms with Crippen LogP contribution < -0.4 is 11.4 Å². The van der Waals surface area contributed by atoms with Gasteiger partial charge in [0.05, 0.1) is 0 Å². The van der Waals surface area contributed by atoms with Crippen LogP contribution in [0.5, 0.6) is 0 Å². The van der Waals surface area contributed by atoms with Crippen molar-refractivity contribution in [3.05, 3.63) is 22.7 Å². The number of rotatable bonds is 3. The average molecular weight is 271 g/mol. The predicted octanol–water partition coefficient (Wildman–Crippen LogP) is -0.0233. The van der Waals surface area contributed by atoms with Crippen molar-refractivity contribution in [1.82, 2.24) is 9.55 Å². The van der Waals surface area contributed by atoms with E-state index in [0.29, 0.717) is 5.75 Å². The molecule has 1 saturated heterocycles. The second kappa shape index (κ2) is 5.40. The second-order valence-corrected chi connectivity index (χ2v) is 4.89. The first-order chi connectivity index (χ1) is 8.56. The Morgan fingerprint density at radius 1 is 1.78 bits per heavy atom. The molecule has 2 N–H and O–H groups in total. The smallest absolute Gasteiger partial charge is 0.351 e. The molecule has 0 spiro atoms. The minimum absolute atomic E-state index is 0.174. The number of anilines is 1. The molecule has 18 heavy (non-hydrogen) atoms. The molecule has 0 aromatic carbocycles. The maximum atomic E-state index is 11.6. The fourth-order valence-corrected chi connectivity index (χ4v) is 2.50. The van der Waals surface area contributed by atoms with Gasteiger partial charge in [-0.2, -0.15) is 4.98 Å². The monoisotopic (exact) mass is 271 g/mol. The number of nitrogens with two attached hydrogens (primary N) is 1. The molecule has 7 nitrogen and oxygen atoms in total. The molecule has 0 aliphatic carbocycles. The molecule has 1 aromatic rings. The molecule has 2 heterocycles. The summed E-state index contributed by atoms with van der Waals surface area (Å²) in [5.74, 6) is 0.421. The van der Waals surface area contributed by atoms with Crippen LogP contribution in [0.15, 0.2) is 17.1 Å². The van der Waals surface area contributed by atoms with E-state index in [1.807, 2.05) is 0 Å². The Bertz CT molecular complexity index is 504. The third-order valence-corrected chi connectivity index (χ3v) is 3.41. The van der Waals surface area contributed by atoms with Gasteiger partial charge in [-0.15, -0.1) is 11.8 Å². The van der Waals surface area contributed by atoms with Gasteiger partial charge in [0, 0.05) is 18.9 Å². The zero-order valence-corrected chi connectivity index (χ0v) is 10.6. The molecule has 2 atom stereocenters. The van der Waals surface area contributed by atoms with Crippen LogP contribution in [0.3, 0.4) is 0 Å². The molecule has 98 valence electrons. The Morgan fingerprint density at radius 2 is 2.56 bits per heavy atom. The number of nitrogens with zero attached hydrogens (tertiary/aromatic N) is 2. The quantitative estimate of drug-likeness (QED) is 0.771. The predicted molar refractivity (Wildman–Crippen MR) is 65.9 cm³/mol. The van der Waals surface area contributed by atoms with Crippen LogP contribution in [0.2, 0.25) is 0 Å². The fraction of sp³-hybridized carbons (Fsp3) is 0.500. The summed E-state index contributed by atoms with van der Waals surface area (Å²) < 4.78 is 11.8. The van der Waals surface area contributed by atoms with Gasteiger partial charge in [-0.25, -0.2) is 4.79 Å². The van der Waals surface area contributed by atoms with E-state index in [1.54, 1.807) is 6.20 Å². The van der Waals surface area contributed by atoms with Gasteiger partial charge in [-0.05, 0) is 6.07 Å². The van der Waals surface area contributed by atoms with E-state index in [1.165, 1.54) is 29.3 Å². The number of ether oxygens (including phenoxy) is 2. The zero-order chi connectivity index (χ0) is 13.1. The maximum absolute atomic E-state index is 11.6. The minimum atomic E-state index is -0.450. The van der Waals surface area contributed by atoms with E-state index in [9.17, 15) is 9.59 Å². The van der Waals surface area contributed by atoms with E-state index in [0.717, 1.165) is 0 Å². The Labute approximate surface area is 107 Å². The number of thioether (sulfide) groups is 1. The van der Waals surface area contributed by atoms with Crippen LogP contribution in [0.25, 0.3) is 0 Å². The lowest BCUT2D eigenvalue weighted by atomic mass is 10.5. The Kier molecular flexibility index (Phi) is 3.87. The maximum Gasteiger partial charge on any atom is 0.351 e. The van der Waals surface area contributed by atoms with Crippen molar-refractivity contribution in [2.45, 2.75) is 18.6 Å². The van der Waals surface area contributed by atoms with Gasteiger partial charge < -0.3 is 15.2 Å². The standard InChI is InChI=1S/C10H13N3O4S/c1-6(14)16-4-9-17-8(5-18-9)13-3-2-7(11)12-10(13)15/h2-3,8-9H,4-5H2,1H3,(H2,11,12,15). The van der Waals surface area contributed by atoms with Crippen molar-refractivity contribution in [2.24, 2.45) is 0 Å². The number of hydrogen-bond acceptors (Lipinski definition) is 7. The fourth-order valence-electron chi connectivity index (χ4n) is 1.51. The molecule has 0 amide bonds.